The SMILES string of the molecule is CC(C)CN1C(=O)CC=C1c1ccc(Br)s1. The number of halogens is 1. The van der Waals surface area contributed by atoms with Crippen LogP contribution in [-0.2, 0) is 4.79 Å². The van der Waals surface area contributed by atoms with Crippen molar-refractivity contribution in [2.24, 2.45) is 5.92 Å². The third-order valence-electron chi connectivity index (χ3n) is 2.44. The van der Waals surface area contributed by atoms with Gasteiger partial charge in [0.25, 0.3) is 0 Å². The monoisotopic (exact) mass is 299 g/mol. The van der Waals surface area contributed by atoms with E-state index in [4.69, 9.17) is 0 Å². The molecular formula is C12H14BrNOS. The average molecular weight is 300 g/mol. The molecule has 1 aliphatic heterocycles. The lowest BCUT2D eigenvalue weighted by Crippen LogP contribution is -2.28. The second kappa shape index (κ2) is 4.72. The average Bonchev–Trinajstić information content (AvgIpc) is 2.75. The number of carbonyl (C=O) groups is 1. The molecule has 2 rings (SSSR count). The van der Waals surface area contributed by atoms with Crippen molar-refractivity contribution in [3.63, 3.8) is 0 Å². The molecule has 0 fully saturated rings. The highest BCUT2D eigenvalue weighted by Gasteiger charge is 2.25. The highest BCUT2D eigenvalue weighted by molar-refractivity contribution is 9.11. The smallest absolute Gasteiger partial charge is 0.230 e. The quantitative estimate of drug-likeness (QED) is 0.832. The molecule has 16 heavy (non-hydrogen) atoms. The summed E-state index contributed by atoms with van der Waals surface area (Å²) in [5.74, 6) is 0.710. The maximum Gasteiger partial charge on any atom is 0.230 e. The van der Waals surface area contributed by atoms with Crippen molar-refractivity contribution < 1.29 is 4.79 Å². The minimum atomic E-state index is 0.216. The second-order valence-corrected chi connectivity index (χ2v) is 6.76. The van der Waals surface area contributed by atoms with Crippen LogP contribution in [0, 0.1) is 5.92 Å². The largest absolute Gasteiger partial charge is 0.311 e. The summed E-state index contributed by atoms with van der Waals surface area (Å²) in [6.07, 6.45) is 2.57. The molecule has 0 aromatic carbocycles. The summed E-state index contributed by atoms with van der Waals surface area (Å²) in [5.41, 5.74) is 1.08. The standard InChI is InChI=1S/C12H14BrNOS/c1-8(2)7-14-9(3-6-12(14)15)10-4-5-11(13)16-10/h3-5,8H,6-7H2,1-2H3. The molecule has 0 bridgehead atoms. The van der Waals surface area contributed by atoms with E-state index in [0.29, 0.717) is 12.3 Å². The van der Waals surface area contributed by atoms with Crippen molar-refractivity contribution in [3.8, 4) is 0 Å². The van der Waals surface area contributed by atoms with Crippen LogP contribution >= 0.6 is 27.3 Å². The highest BCUT2D eigenvalue weighted by atomic mass is 79.9. The van der Waals surface area contributed by atoms with Gasteiger partial charge < -0.3 is 4.90 Å². The van der Waals surface area contributed by atoms with Gasteiger partial charge in [-0.3, -0.25) is 4.79 Å². The summed E-state index contributed by atoms with van der Waals surface area (Å²) < 4.78 is 1.10. The van der Waals surface area contributed by atoms with Gasteiger partial charge in [-0.25, -0.2) is 0 Å². The van der Waals surface area contributed by atoms with Crippen LogP contribution in [-0.4, -0.2) is 17.4 Å². The Morgan fingerprint density at radius 3 is 2.81 bits per heavy atom. The molecule has 4 heteroatoms. The van der Waals surface area contributed by atoms with Gasteiger partial charge in [0, 0.05) is 13.0 Å². The Morgan fingerprint density at radius 1 is 1.50 bits per heavy atom. The van der Waals surface area contributed by atoms with Crippen LogP contribution in [0.25, 0.3) is 5.70 Å². The molecule has 0 N–H and O–H groups in total. The number of hydrogen-bond donors (Lipinski definition) is 0. The normalized spacial score (nSPS) is 16.1. The predicted molar refractivity (Wildman–Crippen MR) is 71.2 cm³/mol. The molecule has 2 nitrogen and oxygen atoms in total. The molecular weight excluding hydrogens is 286 g/mol. The number of amides is 1. The van der Waals surface area contributed by atoms with Gasteiger partial charge in [0.2, 0.25) is 5.91 Å². The zero-order valence-corrected chi connectivity index (χ0v) is 11.8. The summed E-state index contributed by atoms with van der Waals surface area (Å²) in [6, 6.07) is 4.09. The van der Waals surface area contributed by atoms with Crippen LogP contribution < -0.4 is 0 Å². The van der Waals surface area contributed by atoms with Crippen LogP contribution in [0.4, 0.5) is 0 Å². The maximum absolute atomic E-state index is 11.8. The highest BCUT2D eigenvalue weighted by Crippen LogP contribution is 2.33. The first-order valence-electron chi connectivity index (χ1n) is 5.34. The van der Waals surface area contributed by atoms with Crippen molar-refractivity contribution >= 4 is 38.9 Å². The first-order chi connectivity index (χ1) is 7.58. The molecule has 0 saturated carbocycles. The first kappa shape index (κ1) is 11.9. The van der Waals surface area contributed by atoms with Crippen LogP contribution in [0.1, 0.15) is 25.1 Å². The third-order valence-corrected chi connectivity index (χ3v) is 4.08. The summed E-state index contributed by atoms with van der Waals surface area (Å²) in [7, 11) is 0. The minimum absolute atomic E-state index is 0.216. The lowest BCUT2D eigenvalue weighted by molar-refractivity contribution is -0.126. The van der Waals surface area contributed by atoms with Gasteiger partial charge in [-0.2, -0.15) is 0 Å². The van der Waals surface area contributed by atoms with Gasteiger partial charge in [0.15, 0.2) is 0 Å². The first-order valence-corrected chi connectivity index (χ1v) is 6.95. The van der Waals surface area contributed by atoms with Crippen LogP contribution in [0.15, 0.2) is 22.0 Å². The summed E-state index contributed by atoms with van der Waals surface area (Å²) >= 11 is 5.13. The zero-order valence-electron chi connectivity index (χ0n) is 9.37. The van der Waals surface area contributed by atoms with Gasteiger partial charge in [0.1, 0.15) is 0 Å². The van der Waals surface area contributed by atoms with E-state index in [1.165, 1.54) is 4.88 Å². The fraction of sp³-hybridized carbons (Fsp3) is 0.417. The topological polar surface area (TPSA) is 20.3 Å². The van der Waals surface area contributed by atoms with E-state index in [-0.39, 0.29) is 5.91 Å². The summed E-state index contributed by atoms with van der Waals surface area (Å²) in [5, 5.41) is 0. The van der Waals surface area contributed by atoms with Gasteiger partial charge in [-0.15, -0.1) is 11.3 Å². The van der Waals surface area contributed by atoms with Crippen LogP contribution in [0.5, 0.6) is 0 Å². The molecule has 0 spiro atoms. The third kappa shape index (κ3) is 2.38. The second-order valence-electron chi connectivity index (χ2n) is 4.30. The Labute approximate surface area is 108 Å². The summed E-state index contributed by atoms with van der Waals surface area (Å²) in [6.45, 7) is 5.07. The van der Waals surface area contributed by atoms with E-state index in [0.717, 1.165) is 16.0 Å². The molecule has 0 atom stereocenters. The molecule has 1 aliphatic rings. The molecule has 0 radical (unpaired) electrons. The fourth-order valence-electron chi connectivity index (χ4n) is 1.79. The fourth-order valence-corrected chi connectivity index (χ4v) is 3.23. The molecule has 0 saturated heterocycles. The van der Waals surface area contributed by atoms with Gasteiger partial charge in [-0.1, -0.05) is 13.8 Å². The van der Waals surface area contributed by atoms with E-state index >= 15 is 0 Å². The molecule has 86 valence electrons. The number of rotatable bonds is 3. The van der Waals surface area contributed by atoms with E-state index < -0.39 is 0 Å². The Kier molecular flexibility index (Phi) is 3.50. The Bertz CT molecular complexity index is 436. The lowest BCUT2D eigenvalue weighted by atomic mass is 10.2. The van der Waals surface area contributed by atoms with Crippen LogP contribution in [0.3, 0.4) is 0 Å². The zero-order chi connectivity index (χ0) is 11.7. The van der Waals surface area contributed by atoms with Gasteiger partial charge in [0.05, 0.1) is 14.4 Å². The lowest BCUT2D eigenvalue weighted by Gasteiger charge is -2.21. The number of carbonyl (C=O) groups excluding carboxylic acids is 1. The van der Waals surface area contributed by atoms with Crippen LogP contribution in [0.2, 0.25) is 0 Å². The Balaban J connectivity index is 2.23. The van der Waals surface area contributed by atoms with E-state index in [9.17, 15) is 4.79 Å². The molecule has 0 unspecified atom stereocenters. The number of hydrogen-bond acceptors (Lipinski definition) is 2. The molecule has 1 aromatic rings. The Morgan fingerprint density at radius 2 is 2.25 bits per heavy atom. The summed E-state index contributed by atoms with van der Waals surface area (Å²) in [4.78, 5) is 14.8. The van der Waals surface area contributed by atoms with Crippen molar-refractivity contribution in [2.45, 2.75) is 20.3 Å². The van der Waals surface area contributed by atoms with E-state index in [2.05, 4.69) is 35.8 Å². The molecule has 1 aromatic heterocycles. The van der Waals surface area contributed by atoms with Crippen molar-refractivity contribution in [2.75, 3.05) is 6.54 Å². The van der Waals surface area contributed by atoms with Gasteiger partial charge in [-0.05, 0) is 40.1 Å². The van der Waals surface area contributed by atoms with E-state index in [1.807, 2.05) is 17.0 Å². The van der Waals surface area contributed by atoms with E-state index in [1.54, 1.807) is 11.3 Å². The number of thiophene rings is 1. The minimum Gasteiger partial charge on any atom is -0.311 e. The molecule has 1 amide bonds. The van der Waals surface area contributed by atoms with Crippen molar-refractivity contribution in [3.05, 3.63) is 26.9 Å². The van der Waals surface area contributed by atoms with Crippen molar-refractivity contribution in [1.29, 1.82) is 0 Å². The van der Waals surface area contributed by atoms with Crippen molar-refractivity contribution in [1.82, 2.24) is 4.90 Å². The maximum atomic E-state index is 11.8. The van der Waals surface area contributed by atoms with Gasteiger partial charge >= 0.3 is 0 Å². The molecule has 0 aliphatic carbocycles. The molecule has 2 heterocycles. The Hall–Kier alpha value is -0.610. The number of nitrogens with zero attached hydrogens (tertiary/aromatic N) is 1. The predicted octanol–water partition coefficient (Wildman–Crippen LogP) is 3.74.